The van der Waals surface area contributed by atoms with Gasteiger partial charge in [-0.25, -0.2) is 12.1 Å². The zero-order valence-electron chi connectivity index (χ0n) is 10.5. The number of hydrogen-bond acceptors (Lipinski definition) is 3. The molecule has 0 spiro atoms. The van der Waals surface area contributed by atoms with Gasteiger partial charge in [-0.1, -0.05) is 0 Å². The SMILES string of the molecule is CC(=O)O.CC(=O)O.CC(=O)O.[Zr].c1cc[cH-]c1. The summed E-state index contributed by atoms with van der Waals surface area (Å²) in [5.41, 5.74) is 0. The third kappa shape index (κ3) is 205. The first kappa shape index (κ1) is 25.5. The predicted molar refractivity (Wildman–Crippen MR) is 62.0 cm³/mol. The van der Waals surface area contributed by atoms with Crippen molar-refractivity contribution in [1.82, 2.24) is 0 Å². The van der Waals surface area contributed by atoms with E-state index in [4.69, 9.17) is 29.7 Å². The normalized spacial score (nSPS) is 6.39. The van der Waals surface area contributed by atoms with E-state index in [2.05, 4.69) is 0 Å². The Morgan fingerprint density at radius 3 is 1.00 bits per heavy atom. The molecule has 0 heterocycles. The monoisotopic (exact) mass is 335 g/mol. The maximum Gasteiger partial charge on any atom is 0.300 e. The van der Waals surface area contributed by atoms with Crippen LogP contribution in [0.2, 0.25) is 0 Å². The van der Waals surface area contributed by atoms with E-state index in [-0.39, 0.29) is 26.2 Å². The Labute approximate surface area is 125 Å². The van der Waals surface area contributed by atoms with Crippen LogP contribution in [0, 0.1) is 0 Å². The molecule has 0 aliphatic carbocycles. The number of aliphatic carboxylic acids is 3. The first-order valence-electron chi connectivity index (χ1n) is 4.45. The predicted octanol–water partition coefficient (Wildman–Crippen LogP) is 1.68. The van der Waals surface area contributed by atoms with Crippen LogP contribution in [0.25, 0.3) is 0 Å². The fourth-order valence-electron chi connectivity index (χ4n) is 0.321. The second-order valence-electron chi connectivity index (χ2n) is 2.52. The molecule has 102 valence electrons. The molecule has 6 nitrogen and oxygen atoms in total. The Balaban J connectivity index is -0.0000000719. The third-order valence-electron chi connectivity index (χ3n) is 0.556. The molecule has 1 aromatic carbocycles. The van der Waals surface area contributed by atoms with Crippen LogP contribution in [-0.2, 0) is 40.6 Å². The van der Waals surface area contributed by atoms with Gasteiger partial charge in [-0.05, 0) is 0 Å². The van der Waals surface area contributed by atoms with E-state index in [1.54, 1.807) is 0 Å². The summed E-state index contributed by atoms with van der Waals surface area (Å²) in [5, 5.41) is 22.2. The molecule has 0 fully saturated rings. The van der Waals surface area contributed by atoms with Crippen LogP contribution in [0.3, 0.4) is 0 Å². The molecule has 0 radical (unpaired) electrons. The van der Waals surface area contributed by atoms with E-state index in [1.807, 2.05) is 30.3 Å². The van der Waals surface area contributed by atoms with E-state index in [0.29, 0.717) is 0 Å². The topological polar surface area (TPSA) is 112 Å². The van der Waals surface area contributed by atoms with Crippen molar-refractivity contribution in [3.05, 3.63) is 30.3 Å². The van der Waals surface area contributed by atoms with E-state index >= 15 is 0 Å². The molecule has 3 N–H and O–H groups in total. The second kappa shape index (κ2) is 21.0. The van der Waals surface area contributed by atoms with Crippen molar-refractivity contribution in [2.24, 2.45) is 0 Å². The van der Waals surface area contributed by atoms with E-state index in [0.717, 1.165) is 20.8 Å². The van der Waals surface area contributed by atoms with Crippen molar-refractivity contribution < 1.29 is 55.9 Å². The Hall–Kier alpha value is -1.36. The van der Waals surface area contributed by atoms with Crippen molar-refractivity contribution in [1.29, 1.82) is 0 Å². The van der Waals surface area contributed by atoms with E-state index in [1.165, 1.54) is 0 Å². The fraction of sp³-hybridized carbons (Fsp3) is 0.273. The summed E-state index contributed by atoms with van der Waals surface area (Å²) in [7, 11) is 0. The van der Waals surface area contributed by atoms with Crippen LogP contribution in [0.15, 0.2) is 30.3 Å². The largest absolute Gasteiger partial charge is 0.481 e. The molecule has 0 atom stereocenters. The Bertz CT molecular complexity index is 237. The molecule has 0 saturated carbocycles. The summed E-state index contributed by atoms with van der Waals surface area (Å²) in [6, 6.07) is 10.0. The van der Waals surface area contributed by atoms with Gasteiger partial charge >= 0.3 is 0 Å². The number of hydrogen-bond donors (Lipinski definition) is 3. The van der Waals surface area contributed by atoms with Gasteiger partial charge in [0.25, 0.3) is 17.9 Å². The average molecular weight is 336 g/mol. The van der Waals surface area contributed by atoms with Crippen molar-refractivity contribution in [3.63, 3.8) is 0 Å². The molecular formula is C11H17O6Zr-. The minimum absolute atomic E-state index is 0. The zero-order chi connectivity index (χ0) is 14.3. The standard InChI is InChI=1S/C5H5.3C2H4O2.Zr/c1-2-4-5-3-1;3*1-2(3)4;/h1-5H;3*1H3,(H,3,4);/q-1;;;;. The summed E-state index contributed by atoms with van der Waals surface area (Å²) < 4.78 is 0. The Morgan fingerprint density at radius 2 is 0.944 bits per heavy atom. The molecule has 0 amide bonds. The van der Waals surface area contributed by atoms with Crippen molar-refractivity contribution in [2.45, 2.75) is 20.8 Å². The first-order valence-corrected chi connectivity index (χ1v) is 4.45. The van der Waals surface area contributed by atoms with Gasteiger partial charge in [0.1, 0.15) is 0 Å². The molecule has 0 aliphatic rings. The minimum atomic E-state index is -0.833. The molecule has 0 bridgehead atoms. The zero-order valence-corrected chi connectivity index (χ0v) is 12.9. The van der Waals surface area contributed by atoms with Crippen LogP contribution in [0.1, 0.15) is 20.8 Å². The van der Waals surface area contributed by atoms with Gasteiger partial charge in [-0.2, -0.15) is 18.2 Å². The number of carboxylic acid groups (broad SMARTS) is 3. The van der Waals surface area contributed by atoms with E-state index < -0.39 is 17.9 Å². The fourth-order valence-corrected chi connectivity index (χ4v) is 0.321. The van der Waals surface area contributed by atoms with Crippen LogP contribution >= 0.6 is 0 Å². The first-order chi connectivity index (χ1) is 7.70. The molecule has 1 aromatic rings. The van der Waals surface area contributed by atoms with Gasteiger partial charge in [0.15, 0.2) is 0 Å². The Morgan fingerprint density at radius 1 is 0.778 bits per heavy atom. The average Bonchev–Trinajstić information content (AvgIpc) is 2.53. The Kier molecular flexibility index (Phi) is 29.7. The van der Waals surface area contributed by atoms with Crippen molar-refractivity contribution >= 4 is 17.9 Å². The molecule has 18 heavy (non-hydrogen) atoms. The van der Waals surface area contributed by atoms with Gasteiger partial charge in [0.05, 0.1) is 0 Å². The summed E-state index contributed by atoms with van der Waals surface area (Å²) in [6.45, 7) is 3.25. The molecule has 0 unspecified atom stereocenters. The molecular weight excluding hydrogens is 319 g/mol. The van der Waals surface area contributed by atoms with Crippen LogP contribution < -0.4 is 0 Å². The van der Waals surface area contributed by atoms with Crippen LogP contribution in [0.4, 0.5) is 0 Å². The number of rotatable bonds is 0. The maximum absolute atomic E-state index is 9.00. The van der Waals surface area contributed by atoms with Gasteiger partial charge in [-0.3, -0.25) is 14.4 Å². The molecule has 1 rings (SSSR count). The number of carbonyl (C=O) groups is 3. The summed E-state index contributed by atoms with van der Waals surface area (Å²) in [6.07, 6.45) is 0. The quantitative estimate of drug-likeness (QED) is 0.621. The van der Waals surface area contributed by atoms with Gasteiger partial charge in [0, 0.05) is 47.0 Å². The van der Waals surface area contributed by atoms with Gasteiger partial charge < -0.3 is 15.3 Å². The molecule has 7 heteroatoms. The van der Waals surface area contributed by atoms with Crippen molar-refractivity contribution in [2.75, 3.05) is 0 Å². The maximum atomic E-state index is 9.00. The smallest absolute Gasteiger partial charge is 0.300 e. The molecule has 0 aromatic heterocycles. The summed E-state index contributed by atoms with van der Waals surface area (Å²) in [5.74, 6) is -2.50. The van der Waals surface area contributed by atoms with Crippen molar-refractivity contribution in [3.8, 4) is 0 Å². The van der Waals surface area contributed by atoms with Gasteiger partial charge in [0.2, 0.25) is 0 Å². The van der Waals surface area contributed by atoms with Crippen LogP contribution in [-0.4, -0.2) is 33.2 Å². The number of carboxylic acids is 3. The molecule has 0 aliphatic heterocycles. The van der Waals surface area contributed by atoms with E-state index in [9.17, 15) is 0 Å². The van der Waals surface area contributed by atoms with Gasteiger partial charge in [-0.15, -0.1) is 0 Å². The van der Waals surface area contributed by atoms with Crippen LogP contribution in [0.5, 0.6) is 0 Å². The molecule has 0 saturated heterocycles. The summed E-state index contributed by atoms with van der Waals surface area (Å²) in [4.78, 5) is 27.0. The third-order valence-corrected chi connectivity index (χ3v) is 0.556. The summed E-state index contributed by atoms with van der Waals surface area (Å²) >= 11 is 0. The minimum Gasteiger partial charge on any atom is -0.481 e. The second-order valence-corrected chi connectivity index (χ2v) is 2.52.